The number of alkyl carbamates (subject to hydrolysis) is 1. The van der Waals surface area contributed by atoms with Crippen molar-refractivity contribution < 1.29 is 19.1 Å². The molecule has 5 heterocycles. The fourth-order valence-corrected chi connectivity index (χ4v) is 8.96. The van der Waals surface area contributed by atoms with E-state index in [0.717, 1.165) is 92.7 Å². The van der Waals surface area contributed by atoms with E-state index in [-0.39, 0.29) is 35.7 Å². The van der Waals surface area contributed by atoms with E-state index < -0.39 is 12.1 Å². The topological polar surface area (TPSA) is 149 Å². The Labute approximate surface area is 329 Å². The first-order valence-electron chi connectivity index (χ1n) is 19.3. The number of carbonyl (C=O) groups excluding carboxylic acids is 3. The van der Waals surface area contributed by atoms with E-state index in [9.17, 15) is 14.4 Å². The summed E-state index contributed by atoms with van der Waals surface area (Å²) >= 11 is 1.64. The molecule has 12 nitrogen and oxygen atoms in total. The van der Waals surface area contributed by atoms with Gasteiger partial charge < -0.3 is 29.8 Å². The zero-order valence-electron chi connectivity index (χ0n) is 32.0. The average Bonchev–Trinajstić information content (AvgIpc) is 4.08. The molecule has 6 aromatic rings. The van der Waals surface area contributed by atoms with E-state index in [1.165, 1.54) is 7.11 Å². The molecule has 13 heteroatoms. The van der Waals surface area contributed by atoms with Crippen molar-refractivity contribution in [1.29, 1.82) is 0 Å². The molecule has 0 aliphatic carbocycles. The van der Waals surface area contributed by atoms with Crippen LogP contribution in [0.5, 0.6) is 0 Å². The summed E-state index contributed by atoms with van der Waals surface area (Å²) in [7, 11) is 1.30. The summed E-state index contributed by atoms with van der Waals surface area (Å²) in [6.07, 6.45) is 6.54. The summed E-state index contributed by atoms with van der Waals surface area (Å²) in [5, 5.41) is 3.63. The predicted molar refractivity (Wildman–Crippen MR) is 217 cm³/mol. The minimum atomic E-state index is -0.682. The first-order valence-corrected chi connectivity index (χ1v) is 20.1. The first kappa shape index (κ1) is 37.1. The molecule has 2 aliphatic heterocycles. The summed E-state index contributed by atoms with van der Waals surface area (Å²) in [4.78, 5) is 64.3. The lowest BCUT2D eigenvalue weighted by atomic mass is 9.99. The van der Waals surface area contributed by atoms with E-state index in [1.807, 2.05) is 79.4 Å². The van der Waals surface area contributed by atoms with Crippen LogP contribution in [0.3, 0.4) is 0 Å². The summed E-state index contributed by atoms with van der Waals surface area (Å²) in [5.74, 6) is 1.24. The Hall–Kier alpha value is -5.82. The lowest BCUT2D eigenvalue weighted by molar-refractivity contribution is -0.135. The lowest BCUT2D eigenvalue weighted by Crippen LogP contribution is -2.51. The average molecular weight is 771 g/mol. The minimum Gasteiger partial charge on any atom is -0.453 e. The lowest BCUT2D eigenvalue weighted by Gasteiger charge is -2.30. The molecule has 2 saturated heterocycles. The number of H-pyrrole nitrogens is 2. The van der Waals surface area contributed by atoms with Crippen molar-refractivity contribution in [3.05, 3.63) is 102 Å². The molecule has 3 amide bonds. The van der Waals surface area contributed by atoms with Gasteiger partial charge >= 0.3 is 6.09 Å². The standard InChI is InChI=1S/C43H46N8O4S/c1-25(2)37(49-43(54)55-4)42(53)51-21-9-13-35(51)39-44-23-32(46-39)28-14-16-29(17-15-28)40-48-31-19-18-30(22-36(31)56-40)33-24-45-38(47-33)34-12-8-20-50(34)41(52)26(3)27-10-6-5-7-11-27/h5-7,10-11,14-19,22-26,34-35,37H,8-9,12-13,20-21H2,1-4H3,(H,44,46)(H,45,47)(H,49,54)/t26-,34+,35+,37+/m1/s1. The minimum absolute atomic E-state index is 0.0709. The number of imidazole rings is 2. The first-order chi connectivity index (χ1) is 27.2. The molecule has 56 heavy (non-hydrogen) atoms. The van der Waals surface area contributed by atoms with Crippen LogP contribution in [-0.4, -0.2) is 78.9 Å². The van der Waals surface area contributed by atoms with Crippen molar-refractivity contribution in [2.45, 2.75) is 70.5 Å². The summed E-state index contributed by atoms with van der Waals surface area (Å²) in [5.41, 5.74) is 6.75. The number of hydrogen-bond donors (Lipinski definition) is 3. The molecule has 2 aliphatic rings. The van der Waals surface area contributed by atoms with Crippen LogP contribution in [0.15, 0.2) is 85.2 Å². The Balaban J connectivity index is 0.949. The van der Waals surface area contributed by atoms with Crippen molar-refractivity contribution in [2.75, 3.05) is 20.2 Å². The van der Waals surface area contributed by atoms with Gasteiger partial charge in [-0.25, -0.2) is 19.7 Å². The molecular formula is C43H46N8O4S. The molecule has 0 radical (unpaired) electrons. The number of nitrogens with zero attached hydrogens (tertiary/aromatic N) is 5. The molecular weight excluding hydrogens is 725 g/mol. The zero-order chi connectivity index (χ0) is 38.9. The third kappa shape index (κ3) is 7.30. The maximum atomic E-state index is 13.6. The fraction of sp³-hybridized carbons (Fsp3) is 0.349. The van der Waals surface area contributed by atoms with Gasteiger partial charge in [0, 0.05) is 24.2 Å². The van der Waals surface area contributed by atoms with Crippen LogP contribution in [-0.2, 0) is 14.3 Å². The van der Waals surface area contributed by atoms with Crippen LogP contribution in [0.2, 0.25) is 0 Å². The number of thiazole rings is 1. The normalized spacial score (nSPS) is 18.1. The van der Waals surface area contributed by atoms with Crippen LogP contribution >= 0.6 is 11.3 Å². The third-order valence-electron chi connectivity index (χ3n) is 11.1. The molecule has 3 N–H and O–H groups in total. The Morgan fingerprint density at radius 2 is 1.38 bits per heavy atom. The second-order valence-corrected chi connectivity index (χ2v) is 16.0. The number of carbonyl (C=O) groups is 3. The smallest absolute Gasteiger partial charge is 0.407 e. The second kappa shape index (κ2) is 15.7. The number of aromatic nitrogens is 5. The van der Waals surface area contributed by atoms with E-state index in [4.69, 9.17) is 14.7 Å². The van der Waals surface area contributed by atoms with Gasteiger partial charge in [-0.15, -0.1) is 11.3 Å². The molecule has 0 saturated carbocycles. The molecule has 0 spiro atoms. The largest absolute Gasteiger partial charge is 0.453 e. The third-order valence-corrected chi connectivity index (χ3v) is 12.2. The van der Waals surface area contributed by atoms with Gasteiger partial charge in [0.2, 0.25) is 11.8 Å². The van der Waals surface area contributed by atoms with Crippen molar-refractivity contribution in [1.82, 2.24) is 40.0 Å². The fourth-order valence-electron chi connectivity index (χ4n) is 7.95. The highest BCUT2D eigenvalue weighted by Crippen LogP contribution is 2.37. The van der Waals surface area contributed by atoms with Gasteiger partial charge in [0.05, 0.1) is 59.1 Å². The molecule has 4 atom stereocenters. The van der Waals surface area contributed by atoms with Crippen LogP contribution in [0, 0.1) is 5.92 Å². The van der Waals surface area contributed by atoms with Gasteiger partial charge in [-0.3, -0.25) is 9.59 Å². The monoisotopic (exact) mass is 770 g/mol. The van der Waals surface area contributed by atoms with Crippen LogP contribution in [0.4, 0.5) is 4.79 Å². The molecule has 3 aromatic heterocycles. The molecule has 0 bridgehead atoms. The van der Waals surface area contributed by atoms with Gasteiger partial charge in [0.1, 0.15) is 22.7 Å². The Bertz CT molecular complexity index is 2350. The van der Waals surface area contributed by atoms with Gasteiger partial charge in [-0.1, -0.05) is 74.5 Å². The molecule has 2 fully saturated rings. The van der Waals surface area contributed by atoms with Crippen molar-refractivity contribution in [3.8, 4) is 33.1 Å². The number of nitrogens with one attached hydrogen (secondary N) is 3. The highest BCUT2D eigenvalue weighted by Gasteiger charge is 2.38. The van der Waals surface area contributed by atoms with Gasteiger partial charge in [0.15, 0.2) is 0 Å². The molecule has 8 rings (SSSR count). The summed E-state index contributed by atoms with van der Waals surface area (Å²) < 4.78 is 5.84. The van der Waals surface area contributed by atoms with Crippen LogP contribution in [0.1, 0.15) is 81.7 Å². The Kier molecular flexibility index (Phi) is 10.4. The molecule has 288 valence electrons. The van der Waals surface area contributed by atoms with Gasteiger partial charge in [-0.05, 0) is 61.8 Å². The summed E-state index contributed by atoms with van der Waals surface area (Å²) in [6.45, 7) is 7.13. The Morgan fingerprint density at radius 1 is 0.786 bits per heavy atom. The number of methoxy groups -OCH3 is 1. The maximum absolute atomic E-state index is 13.6. The number of ether oxygens (including phenoxy) is 1. The van der Waals surface area contributed by atoms with Crippen LogP contribution in [0.25, 0.3) is 43.3 Å². The number of likely N-dealkylation sites (tertiary alicyclic amines) is 2. The number of amides is 3. The predicted octanol–water partition coefficient (Wildman–Crippen LogP) is 8.25. The van der Waals surface area contributed by atoms with E-state index >= 15 is 0 Å². The highest BCUT2D eigenvalue weighted by atomic mass is 32.1. The summed E-state index contributed by atoms with van der Waals surface area (Å²) in [6, 6.07) is 23.5. The zero-order valence-corrected chi connectivity index (χ0v) is 32.8. The second-order valence-electron chi connectivity index (χ2n) is 15.0. The Morgan fingerprint density at radius 3 is 2.00 bits per heavy atom. The number of aromatic amines is 2. The molecule has 0 unspecified atom stereocenters. The number of rotatable bonds is 10. The van der Waals surface area contributed by atoms with Crippen molar-refractivity contribution >= 4 is 39.5 Å². The molecule has 3 aromatic carbocycles. The van der Waals surface area contributed by atoms with Crippen molar-refractivity contribution in [3.63, 3.8) is 0 Å². The van der Waals surface area contributed by atoms with E-state index in [0.29, 0.717) is 6.54 Å². The SMILES string of the molecule is COC(=O)N[C@H](C(=O)N1CCC[C@H]1c1ncc(-c2ccc(-c3nc4ccc(-c5cnc([C@@H]6CCCN6C(=O)[C@H](C)c6ccccc6)[nH]5)cc4s3)cc2)[nH]1)C(C)C. The van der Waals surface area contributed by atoms with E-state index in [1.54, 1.807) is 11.3 Å². The quantitative estimate of drug-likeness (QED) is 0.127. The number of hydrogen-bond acceptors (Lipinski definition) is 8. The number of benzene rings is 3. The highest BCUT2D eigenvalue weighted by molar-refractivity contribution is 7.21. The van der Waals surface area contributed by atoms with Crippen molar-refractivity contribution in [2.24, 2.45) is 5.92 Å². The van der Waals surface area contributed by atoms with Crippen LogP contribution < -0.4 is 5.32 Å². The van der Waals surface area contributed by atoms with Gasteiger partial charge in [0.25, 0.3) is 0 Å². The maximum Gasteiger partial charge on any atom is 0.407 e. The number of fused-ring (bicyclic) bond motifs is 1. The van der Waals surface area contributed by atoms with E-state index in [2.05, 4.69) is 56.7 Å². The van der Waals surface area contributed by atoms with Gasteiger partial charge in [-0.2, -0.15) is 0 Å².